The van der Waals surface area contributed by atoms with Gasteiger partial charge in [0, 0.05) is 12.5 Å². The minimum absolute atomic E-state index is 0.447. The number of hydrogen-bond donors (Lipinski definition) is 1. The van der Waals surface area contributed by atoms with Gasteiger partial charge in [0.2, 0.25) is 0 Å². The molecule has 0 fully saturated rings. The molecule has 0 aromatic carbocycles. The molecule has 80 valence electrons. The normalized spacial score (nSPS) is 14.4. The Labute approximate surface area is 82.9 Å². The van der Waals surface area contributed by atoms with Crippen LogP contribution >= 0.6 is 0 Å². The third kappa shape index (κ3) is 4.25. The van der Waals surface area contributed by atoms with E-state index in [9.17, 15) is 16.8 Å². The van der Waals surface area contributed by atoms with Crippen LogP contribution in [0.5, 0.6) is 0 Å². The predicted octanol–water partition coefficient (Wildman–Crippen LogP) is -1.23. The van der Waals surface area contributed by atoms with Crippen LogP contribution in [0.4, 0.5) is 0 Å². The van der Waals surface area contributed by atoms with Crippen LogP contribution in [0.25, 0.3) is 0 Å². The van der Waals surface area contributed by atoms with E-state index in [2.05, 4.69) is 0 Å². The van der Waals surface area contributed by atoms with Crippen molar-refractivity contribution in [2.45, 2.75) is 0 Å². The number of nitriles is 1. The Hall–Kier alpha value is -1.07. The average molecular weight is 238 g/mol. The fourth-order valence-electron chi connectivity index (χ4n) is 0.741. The zero-order valence-electron chi connectivity index (χ0n) is 7.68. The summed E-state index contributed by atoms with van der Waals surface area (Å²) in [5.41, 5.74) is 4.75. The smallest absolute Gasteiger partial charge is 0.187 e. The Morgan fingerprint density at radius 2 is 1.71 bits per heavy atom. The molecule has 0 saturated carbocycles. The Morgan fingerprint density at radius 3 is 1.93 bits per heavy atom. The highest BCUT2D eigenvalue weighted by molar-refractivity contribution is 7.95. The molecule has 8 heteroatoms. The summed E-state index contributed by atoms with van der Waals surface area (Å²) in [6.07, 6.45) is 1.69. The molecule has 0 rings (SSSR count). The number of nitrogens with zero attached hydrogens (tertiary/aromatic N) is 1. The number of nitrogens with two attached hydrogens (primary N) is 1. The fraction of sp³-hybridized carbons (Fsp3) is 0.500. The van der Waals surface area contributed by atoms with Crippen LogP contribution in [-0.4, -0.2) is 35.1 Å². The molecule has 0 aliphatic rings. The summed E-state index contributed by atoms with van der Waals surface area (Å²) in [5, 5.41) is 8.47. The van der Waals surface area contributed by atoms with Gasteiger partial charge in [0.25, 0.3) is 0 Å². The molecule has 0 bridgehead atoms. The predicted molar refractivity (Wildman–Crippen MR) is 51.4 cm³/mol. The third-order valence-electron chi connectivity index (χ3n) is 1.18. The van der Waals surface area contributed by atoms with Crippen molar-refractivity contribution in [2.75, 3.05) is 18.3 Å². The van der Waals surface area contributed by atoms with E-state index in [-0.39, 0.29) is 0 Å². The molecule has 0 amide bonds. The average Bonchev–Trinajstić information content (AvgIpc) is 1.79. The van der Waals surface area contributed by atoms with Crippen LogP contribution in [0, 0.1) is 11.3 Å². The molecule has 0 aliphatic carbocycles. The maximum absolute atomic E-state index is 10.9. The molecule has 0 aromatic rings. The highest BCUT2D eigenvalue weighted by Crippen LogP contribution is 2.07. The van der Waals surface area contributed by atoms with E-state index < -0.39 is 36.0 Å². The largest absolute Gasteiger partial charge is 0.400 e. The van der Waals surface area contributed by atoms with Gasteiger partial charge in [0.15, 0.2) is 24.6 Å². The van der Waals surface area contributed by atoms with Crippen molar-refractivity contribution in [1.29, 1.82) is 5.26 Å². The summed E-state index contributed by atoms with van der Waals surface area (Å²) in [5.74, 6) is -0.636. The van der Waals surface area contributed by atoms with Crippen LogP contribution in [0.2, 0.25) is 0 Å². The summed E-state index contributed by atoms with van der Waals surface area (Å²) in [6, 6.07) is 1.37. The quantitative estimate of drug-likeness (QED) is 0.615. The lowest BCUT2D eigenvalue weighted by Crippen LogP contribution is -2.17. The van der Waals surface area contributed by atoms with Crippen LogP contribution in [-0.2, 0) is 19.7 Å². The molecule has 0 aromatic heterocycles. The second kappa shape index (κ2) is 3.98. The number of allylic oxidation sites excluding steroid dienone is 1. The topological polar surface area (TPSA) is 118 Å². The summed E-state index contributed by atoms with van der Waals surface area (Å²) in [6.45, 7) is 0. The summed E-state index contributed by atoms with van der Waals surface area (Å²) in [7, 11) is -7.19. The van der Waals surface area contributed by atoms with Crippen molar-refractivity contribution in [3.05, 3.63) is 10.6 Å². The van der Waals surface area contributed by atoms with E-state index in [1.165, 1.54) is 6.07 Å². The van der Waals surface area contributed by atoms with Gasteiger partial charge in [0.05, 0.1) is 11.4 Å². The lowest BCUT2D eigenvalue weighted by molar-refractivity contribution is 0.603. The monoisotopic (exact) mass is 238 g/mol. The van der Waals surface area contributed by atoms with Crippen molar-refractivity contribution in [2.24, 2.45) is 5.73 Å². The van der Waals surface area contributed by atoms with Crippen molar-refractivity contribution in [3.8, 4) is 6.07 Å². The maximum atomic E-state index is 10.9. The Balaban J connectivity index is 5.43. The van der Waals surface area contributed by atoms with Gasteiger partial charge in [-0.05, 0) is 0 Å². The van der Waals surface area contributed by atoms with Crippen LogP contribution in [0.1, 0.15) is 0 Å². The van der Waals surface area contributed by atoms with Gasteiger partial charge >= 0.3 is 0 Å². The lowest BCUT2D eigenvalue weighted by atomic mass is 10.5. The zero-order valence-corrected chi connectivity index (χ0v) is 9.31. The zero-order chi connectivity index (χ0) is 11.6. The molecule has 0 radical (unpaired) electrons. The molecule has 0 spiro atoms. The van der Waals surface area contributed by atoms with Crippen molar-refractivity contribution < 1.29 is 16.8 Å². The summed E-state index contributed by atoms with van der Waals surface area (Å²) in [4.78, 5) is -0.692. The van der Waals surface area contributed by atoms with Crippen molar-refractivity contribution in [3.63, 3.8) is 0 Å². The van der Waals surface area contributed by atoms with E-state index >= 15 is 0 Å². The lowest BCUT2D eigenvalue weighted by Gasteiger charge is -2.01. The van der Waals surface area contributed by atoms with Gasteiger partial charge in [-0.1, -0.05) is 0 Å². The summed E-state index contributed by atoms with van der Waals surface area (Å²) >= 11 is 0. The standard InChI is InChI=1S/C6H10N2O4S2/c1-13(9,10)4-5(8)6(3-7)14(2,11)12/h4,8H2,1-2H3. The molecular weight excluding hydrogens is 228 g/mol. The molecular formula is C6H10N2O4S2. The molecule has 6 nitrogen and oxygen atoms in total. The first-order chi connectivity index (χ1) is 6.08. The van der Waals surface area contributed by atoms with Crippen molar-refractivity contribution in [1.82, 2.24) is 0 Å². The van der Waals surface area contributed by atoms with E-state index in [1.807, 2.05) is 0 Å². The molecule has 0 atom stereocenters. The minimum atomic E-state index is -3.76. The molecule has 0 saturated heterocycles. The number of hydrogen-bond acceptors (Lipinski definition) is 6. The Bertz CT molecular complexity index is 492. The van der Waals surface area contributed by atoms with Gasteiger partial charge in [-0.3, -0.25) is 0 Å². The molecule has 0 unspecified atom stereocenters. The molecule has 2 N–H and O–H groups in total. The third-order valence-corrected chi connectivity index (χ3v) is 3.11. The fourth-order valence-corrected chi connectivity index (χ4v) is 2.26. The van der Waals surface area contributed by atoms with Crippen LogP contribution in [0.15, 0.2) is 10.6 Å². The second-order valence-corrected chi connectivity index (χ2v) is 6.90. The van der Waals surface area contributed by atoms with Crippen molar-refractivity contribution >= 4 is 19.7 Å². The van der Waals surface area contributed by atoms with Crippen LogP contribution < -0.4 is 5.73 Å². The first kappa shape index (κ1) is 12.9. The first-order valence-corrected chi connectivity index (χ1v) is 7.29. The molecule has 14 heavy (non-hydrogen) atoms. The number of sulfone groups is 2. The number of rotatable bonds is 3. The van der Waals surface area contributed by atoms with Gasteiger partial charge in [-0.25, -0.2) is 16.8 Å². The van der Waals surface area contributed by atoms with E-state index in [0.29, 0.717) is 0 Å². The van der Waals surface area contributed by atoms with E-state index in [0.717, 1.165) is 12.5 Å². The van der Waals surface area contributed by atoms with Gasteiger partial charge in [0.1, 0.15) is 6.07 Å². The Kier molecular flexibility index (Phi) is 3.67. The van der Waals surface area contributed by atoms with Gasteiger partial charge < -0.3 is 5.73 Å². The van der Waals surface area contributed by atoms with Gasteiger partial charge in [-0.15, -0.1) is 0 Å². The highest BCUT2D eigenvalue weighted by atomic mass is 32.2. The van der Waals surface area contributed by atoms with E-state index in [1.54, 1.807) is 0 Å². The van der Waals surface area contributed by atoms with Gasteiger partial charge in [-0.2, -0.15) is 5.26 Å². The molecule has 0 heterocycles. The maximum Gasteiger partial charge on any atom is 0.187 e. The first-order valence-electron chi connectivity index (χ1n) is 3.34. The minimum Gasteiger partial charge on any atom is -0.400 e. The molecule has 0 aliphatic heterocycles. The second-order valence-electron chi connectivity index (χ2n) is 2.81. The van der Waals surface area contributed by atoms with Crippen LogP contribution in [0.3, 0.4) is 0 Å². The SMILES string of the molecule is CS(=O)(=O)CC(N)=C(C#N)S(C)(=O)=O. The van der Waals surface area contributed by atoms with E-state index in [4.69, 9.17) is 11.0 Å². The summed E-state index contributed by atoms with van der Waals surface area (Å²) < 4.78 is 43.4. The Morgan fingerprint density at radius 1 is 1.29 bits per heavy atom. The highest BCUT2D eigenvalue weighted by Gasteiger charge is 2.17.